The quantitative estimate of drug-likeness (QED) is 0.499. The third-order valence-electron chi connectivity index (χ3n) is 1.76. The van der Waals surface area contributed by atoms with E-state index in [9.17, 15) is 18.1 Å². The summed E-state index contributed by atoms with van der Waals surface area (Å²) >= 11 is 0. The van der Waals surface area contributed by atoms with E-state index in [2.05, 4.69) is 0 Å². The molecule has 0 bridgehead atoms. The molecule has 9 heteroatoms. The SMILES string of the molecule is CC([C@H](N)C(=O)O)C(F)(F)P(=O)(O)O. The molecule has 0 aliphatic rings. The minimum Gasteiger partial charge on any atom is -0.480 e. The Kier molecular flexibility index (Phi) is 3.74. The molecular formula is C5H10F2NO5P. The lowest BCUT2D eigenvalue weighted by Gasteiger charge is -2.26. The molecule has 0 saturated heterocycles. The number of carboxylic acids is 1. The first kappa shape index (κ1) is 13.4. The van der Waals surface area contributed by atoms with E-state index >= 15 is 0 Å². The topological polar surface area (TPSA) is 121 Å². The van der Waals surface area contributed by atoms with Gasteiger partial charge < -0.3 is 20.6 Å². The largest absolute Gasteiger partial charge is 0.480 e. The van der Waals surface area contributed by atoms with Crippen molar-refractivity contribution in [1.29, 1.82) is 0 Å². The predicted molar refractivity (Wildman–Crippen MR) is 41.8 cm³/mol. The van der Waals surface area contributed by atoms with E-state index in [0.717, 1.165) is 0 Å². The molecule has 0 aliphatic heterocycles. The Morgan fingerprint density at radius 3 is 2.07 bits per heavy atom. The van der Waals surface area contributed by atoms with Crippen molar-refractivity contribution in [2.75, 3.05) is 0 Å². The van der Waals surface area contributed by atoms with Gasteiger partial charge in [0.05, 0.1) is 5.92 Å². The average Bonchev–Trinajstić information content (AvgIpc) is 1.99. The smallest absolute Gasteiger partial charge is 0.394 e. The number of rotatable bonds is 4. The second-order valence-electron chi connectivity index (χ2n) is 2.78. The zero-order chi connectivity index (χ0) is 11.7. The van der Waals surface area contributed by atoms with Crippen molar-refractivity contribution in [2.24, 2.45) is 11.7 Å². The average molecular weight is 233 g/mol. The Bertz CT molecular complexity index is 277. The van der Waals surface area contributed by atoms with Gasteiger partial charge in [0.1, 0.15) is 6.04 Å². The Labute approximate surface area is 77.9 Å². The monoisotopic (exact) mass is 233 g/mol. The van der Waals surface area contributed by atoms with Crippen LogP contribution in [-0.4, -0.2) is 32.6 Å². The van der Waals surface area contributed by atoms with E-state index in [1.165, 1.54) is 0 Å². The number of hydrogen-bond donors (Lipinski definition) is 4. The van der Waals surface area contributed by atoms with Gasteiger partial charge in [-0.2, -0.15) is 8.78 Å². The number of nitrogens with two attached hydrogens (primary N) is 1. The maximum absolute atomic E-state index is 12.8. The van der Waals surface area contributed by atoms with Crippen LogP contribution in [0.15, 0.2) is 0 Å². The van der Waals surface area contributed by atoms with Gasteiger partial charge in [-0.25, -0.2) is 0 Å². The van der Waals surface area contributed by atoms with Gasteiger partial charge in [0.15, 0.2) is 0 Å². The van der Waals surface area contributed by atoms with Crippen LogP contribution in [-0.2, 0) is 9.36 Å². The third kappa shape index (κ3) is 2.48. The first-order valence-electron chi connectivity index (χ1n) is 3.43. The van der Waals surface area contributed by atoms with Crippen LogP contribution in [0.4, 0.5) is 8.78 Å². The lowest BCUT2D eigenvalue weighted by Crippen LogP contribution is -2.45. The van der Waals surface area contributed by atoms with E-state index in [1.54, 1.807) is 0 Å². The molecule has 0 amide bonds. The van der Waals surface area contributed by atoms with Crippen LogP contribution in [0.2, 0.25) is 0 Å². The van der Waals surface area contributed by atoms with Crippen molar-refractivity contribution in [1.82, 2.24) is 0 Å². The van der Waals surface area contributed by atoms with Crippen LogP contribution in [0.1, 0.15) is 6.92 Å². The molecule has 0 saturated carbocycles. The highest BCUT2D eigenvalue weighted by Crippen LogP contribution is 2.57. The van der Waals surface area contributed by atoms with E-state index in [0.29, 0.717) is 6.92 Å². The Hall–Kier alpha value is -0.560. The minimum absolute atomic E-state index is 0.665. The number of carbonyl (C=O) groups is 1. The van der Waals surface area contributed by atoms with Crippen molar-refractivity contribution in [3.63, 3.8) is 0 Å². The summed E-state index contributed by atoms with van der Waals surface area (Å²) in [5.41, 5.74) is 0.380. The molecule has 0 aromatic carbocycles. The summed E-state index contributed by atoms with van der Waals surface area (Å²) < 4.78 is 36.0. The Morgan fingerprint density at radius 2 is 1.86 bits per heavy atom. The van der Waals surface area contributed by atoms with Crippen molar-refractivity contribution in [3.05, 3.63) is 0 Å². The fourth-order valence-electron chi connectivity index (χ4n) is 0.695. The number of aliphatic carboxylic acids is 1. The molecule has 0 aliphatic carbocycles. The van der Waals surface area contributed by atoms with Gasteiger partial charge >= 0.3 is 19.2 Å². The lowest BCUT2D eigenvalue weighted by atomic mass is 10.0. The van der Waals surface area contributed by atoms with Crippen molar-refractivity contribution < 1.29 is 33.0 Å². The second-order valence-corrected chi connectivity index (χ2v) is 4.47. The molecule has 0 aromatic rings. The molecule has 0 aromatic heterocycles. The van der Waals surface area contributed by atoms with Gasteiger partial charge in [0.2, 0.25) is 0 Å². The molecule has 1 unspecified atom stereocenters. The van der Waals surface area contributed by atoms with Crippen LogP contribution >= 0.6 is 7.60 Å². The number of alkyl halides is 2. The lowest BCUT2D eigenvalue weighted by molar-refractivity contribution is -0.142. The summed E-state index contributed by atoms with van der Waals surface area (Å²) in [6.45, 7) is 0.665. The van der Waals surface area contributed by atoms with Crippen molar-refractivity contribution in [2.45, 2.75) is 18.6 Å². The summed E-state index contributed by atoms with van der Waals surface area (Å²) in [5, 5.41) is 8.27. The summed E-state index contributed by atoms with van der Waals surface area (Å²) in [6.07, 6.45) is 0. The van der Waals surface area contributed by atoms with Crippen LogP contribution in [0.25, 0.3) is 0 Å². The molecule has 0 fully saturated rings. The van der Waals surface area contributed by atoms with Crippen molar-refractivity contribution in [3.8, 4) is 0 Å². The van der Waals surface area contributed by atoms with Gasteiger partial charge in [-0.1, -0.05) is 6.92 Å². The minimum atomic E-state index is -5.70. The summed E-state index contributed by atoms with van der Waals surface area (Å²) in [5.74, 6) is -3.90. The standard InChI is InChI=1S/C5H10F2NO5P/c1-2(3(8)4(9)10)5(6,7)14(11,12)13/h2-3H,8H2,1H3,(H,9,10)(H2,11,12,13)/t2?,3-/m0/s1. The molecule has 0 rings (SSSR count). The summed E-state index contributed by atoms with van der Waals surface area (Å²) in [7, 11) is -5.70. The number of hydrogen-bond acceptors (Lipinski definition) is 3. The van der Waals surface area contributed by atoms with Gasteiger partial charge in [-0.15, -0.1) is 0 Å². The molecular weight excluding hydrogens is 223 g/mol. The van der Waals surface area contributed by atoms with E-state index < -0.39 is 31.2 Å². The molecule has 0 spiro atoms. The fourth-order valence-corrected chi connectivity index (χ4v) is 1.39. The first-order chi connectivity index (χ1) is 6.01. The van der Waals surface area contributed by atoms with Gasteiger partial charge in [0, 0.05) is 0 Å². The highest BCUT2D eigenvalue weighted by Gasteiger charge is 2.56. The van der Waals surface area contributed by atoms with E-state index in [4.69, 9.17) is 20.6 Å². The van der Waals surface area contributed by atoms with Crippen molar-refractivity contribution >= 4 is 13.6 Å². The highest BCUT2D eigenvalue weighted by molar-refractivity contribution is 7.53. The van der Waals surface area contributed by atoms with Crippen LogP contribution in [0, 0.1) is 5.92 Å². The van der Waals surface area contributed by atoms with E-state index in [1.807, 2.05) is 0 Å². The zero-order valence-corrected chi connectivity index (χ0v) is 7.99. The molecule has 5 N–H and O–H groups in total. The summed E-state index contributed by atoms with van der Waals surface area (Å²) in [4.78, 5) is 26.7. The predicted octanol–water partition coefficient (Wildman–Crippen LogP) is -0.195. The molecule has 14 heavy (non-hydrogen) atoms. The van der Waals surface area contributed by atoms with Crippen LogP contribution < -0.4 is 5.73 Å². The first-order valence-corrected chi connectivity index (χ1v) is 5.05. The number of carboxylic acid groups (broad SMARTS) is 1. The van der Waals surface area contributed by atoms with Crippen LogP contribution in [0.5, 0.6) is 0 Å². The summed E-state index contributed by atoms with van der Waals surface area (Å²) in [6, 6.07) is -2.03. The van der Waals surface area contributed by atoms with E-state index in [-0.39, 0.29) is 0 Å². The maximum Gasteiger partial charge on any atom is 0.394 e. The maximum atomic E-state index is 12.8. The van der Waals surface area contributed by atoms with Crippen LogP contribution in [0.3, 0.4) is 0 Å². The number of halogens is 2. The third-order valence-corrected chi connectivity index (χ3v) is 2.94. The molecule has 6 nitrogen and oxygen atoms in total. The molecule has 2 atom stereocenters. The fraction of sp³-hybridized carbons (Fsp3) is 0.800. The second kappa shape index (κ2) is 3.90. The van der Waals surface area contributed by atoms with Gasteiger partial charge in [-0.05, 0) is 0 Å². The molecule has 0 radical (unpaired) electrons. The Morgan fingerprint density at radius 1 is 1.50 bits per heavy atom. The zero-order valence-electron chi connectivity index (χ0n) is 7.09. The van der Waals surface area contributed by atoms with Gasteiger partial charge in [-0.3, -0.25) is 9.36 Å². The Balaban J connectivity index is 4.94. The molecule has 0 heterocycles. The molecule has 84 valence electrons. The highest BCUT2D eigenvalue weighted by atomic mass is 31.2. The van der Waals surface area contributed by atoms with Gasteiger partial charge in [0.25, 0.3) is 0 Å². The normalized spacial score (nSPS) is 17.6.